The minimum absolute atomic E-state index is 0.793. The standard InChI is InChI=1S/C14H26N2S/c1-17-14-4-2-3-11(9-14)15-12-7-8-16(10-12)13-5-6-13/h11-15H,2-10H2,1H3. The zero-order chi connectivity index (χ0) is 11.7. The second-order valence-electron chi connectivity index (χ2n) is 6.10. The molecule has 3 unspecified atom stereocenters. The van der Waals surface area contributed by atoms with E-state index in [1.165, 1.54) is 58.0 Å². The van der Waals surface area contributed by atoms with Crippen molar-refractivity contribution in [3.05, 3.63) is 0 Å². The first-order valence-electron chi connectivity index (χ1n) is 7.38. The van der Waals surface area contributed by atoms with Crippen LogP contribution in [0.3, 0.4) is 0 Å². The predicted octanol–water partition coefficient (Wildman–Crippen LogP) is 2.49. The van der Waals surface area contributed by atoms with Crippen LogP contribution in [-0.4, -0.2) is 47.6 Å². The Morgan fingerprint density at radius 2 is 1.94 bits per heavy atom. The van der Waals surface area contributed by atoms with Crippen LogP contribution in [0, 0.1) is 0 Å². The van der Waals surface area contributed by atoms with Gasteiger partial charge in [-0.2, -0.15) is 11.8 Å². The first-order valence-corrected chi connectivity index (χ1v) is 8.67. The summed E-state index contributed by atoms with van der Waals surface area (Å²) in [5, 5.41) is 4.86. The third-order valence-corrected chi connectivity index (χ3v) is 5.81. The third-order valence-electron chi connectivity index (χ3n) is 4.71. The second kappa shape index (κ2) is 5.50. The molecule has 3 fully saturated rings. The molecule has 17 heavy (non-hydrogen) atoms. The molecule has 2 saturated carbocycles. The van der Waals surface area contributed by atoms with Crippen molar-refractivity contribution in [2.75, 3.05) is 19.3 Å². The Bertz CT molecular complexity index is 255. The normalized spacial score (nSPS) is 39.7. The minimum Gasteiger partial charge on any atom is -0.310 e. The van der Waals surface area contributed by atoms with E-state index in [1.807, 2.05) is 0 Å². The summed E-state index contributed by atoms with van der Waals surface area (Å²) in [6.07, 6.45) is 12.3. The van der Waals surface area contributed by atoms with E-state index >= 15 is 0 Å². The summed E-state index contributed by atoms with van der Waals surface area (Å²) in [5.74, 6) is 0. The predicted molar refractivity (Wildman–Crippen MR) is 75.7 cm³/mol. The summed E-state index contributed by atoms with van der Waals surface area (Å²) in [4.78, 5) is 2.71. The maximum absolute atomic E-state index is 3.94. The van der Waals surface area contributed by atoms with Crippen LogP contribution in [0.4, 0.5) is 0 Å². The fourth-order valence-electron chi connectivity index (χ4n) is 3.54. The van der Waals surface area contributed by atoms with Gasteiger partial charge in [0.2, 0.25) is 0 Å². The Labute approximate surface area is 110 Å². The molecule has 3 atom stereocenters. The highest BCUT2D eigenvalue weighted by molar-refractivity contribution is 7.99. The summed E-state index contributed by atoms with van der Waals surface area (Å²) in [6.45, 7) is 2.67. The summed E-state index contributed by atoms with van der Waals surface area (Å²) in [6, 6.07) is 2.57. The van der Waals surface area contributed by atoms with Crippen molar-refractivity contribution >= 4 is 11.8 Å². The average molecular weight is 254 g/mol. The molecule has 98 valence electrons. The summed E-state index contributed by atoms with van der Waals surface area (Å²) in [5.41, 5.74) is 0. The van der Waals surface area contributed by atoms with Gasteiger partial charge in [-0.1, -0.05) is 6.42 Å². The highest BCUT2D eigenvalue weighted by atomic mass is 32.2. The molecule has 1 saturated heterocycles. The van der Waals surface area contributed by atoms with Crippen molar-refractivity contribution in [1.82, 2.24) is 10.2 Å². The van der Waals surface area contributed by atoms with Crippen LogP contribution in [0.2, 0.25) is 0 Å². The summed E-state index contributed by atoms with van der Waals surface area (Å²) < 4.78 is 0. The molecule has 3 rings (SSSR count). The molecule has 2 nitrogen and oxygen atoms in total. The molecule has 1 N–H and O–H groups in total. The van der Waals surface area contributed by atoms with Gasteiger partial charge in [0, 0.05) is 36.5 Å². The molecule has 1 heterocycles. The van der Waals surface area contributed by atoms with Crippen molar-refractivity contribution in [1.29, 1.82) is 0 Å². The Morgan fingerprint density at radius 3 is 2.71 bits per heavy atom. The van der Waals surface area contributed by atoms with E-state index in [1.54, 1.807) is 0 Å². The Balaban J connectivity index is 1.43. The van der Waals surface area contributed by atoms with Crippen LogP contribution in [0.15, 0.2) is 0 Å². The first-order chi connectivity index (χ1) is 8.35. The molecule has 1 aliphatic heterocycles. The molecule has 0 aromatic carbocycles. The van der Waals surface area contributed by atoms with Gasteiger partial charge in [-0.05, 0) is 44.8 Å². The molecule has 0 spiro atoms. The Hall–Kier alpha value is 0.270. The molecule has 0 aromatic heterocycles. The van der Waals surface area contributed by atoms with Crippen molar-refractivity contribution in [3.63, 3.8) is 0 Å². The molecule has 2 aliphatic carbocycles. The van der Waals surface area contributed by atoms with Gasteiger partial charge >= 0.3 is 0 Å². The quantitative estimate of drug-likeness (QED) is 0.830. The first kappa shape index (κ1) is 12.3. The SMILES string of the molecule is CSC1CCCC(NC2CCN(C3CC3)C2)C1. The molecule has 0 radical (unpaired) electrons. The third kappa shape index (κ3) is 3.18. The van der Waals surface area contributed by atoms with E-state index in [0.29, 0.717) is 0 Å². The molecule has 0 aromatic rings. The zero-order valence-corrected chi connectivity index (χ0v) is 11.8. The van der Waals surface area contributed by atoms with Gasteiger partial charge in [0.05, 0.1) is 0 Å². The molecule has 0 bridgehead atoms. The fraction of sp³-hybridized carbons (Fsp3) is 1.00. The van der Waals surface area contributed by atoms with Gasteiger partial charge in [0.25, 0.3) is 0 Å². The number of rotatable bonds is 4. The highest BCUT2D eigenvalue weighted by Crippen LogP contribution is 2.31. The molecule has 3 heteroatoms. The van der Waals surface area contributed by atoms with E-state index < -0.39 is 0 Å². The lowest BCUT2D eigenvalue weighted by atomic mass is 9.94. The molecule has 0 amide bonds. The van der Waals surface area contributed by atoms with Gasteiger partial charge in [-0.15, -0.1) is 0 Å². The lowest BCUT2D eigenvalue weighted by Gasteiger charge is -2.31. The van der Waals surface area contributed by atoms with E-state index in [0.717, 1.165) is 23.4 Å². The van der Waals surface area contributed by atoms with Gasteiger partial charge in [0.1, 0.15) is 0 Å². The highest BCUT2D eigenvalue weighted by Gasteiger charge is 2.35. The van der Waals surface area contributed by atoms with Gasteiger partial charge in [-0.3, -0.25) is 4.90 Å². The fourth-order valence-corrected chi connectivity index (χ4v) is 4.37. The van der Waals surface area contributed by atoms with Crippen LogP contribution in [-0.2, 0) is 0 Å². The van der Waals surface area contributed by atoms with Crippen LogP contribution in [0.1, 0.15) is 44.9 Å². The monoisotopic (exact) mass is 254 g/mol. The average Bonchev–Trinajstić information content (AvgIpc) is 3.11. The largest absolute Gasteiger partial charge is 0.310 e. The molecule has 3 aliphatic rings. The van der Waals surface area contributed by atoms with Crippen molar-refractivity contribution in [3.8, 4) is 0 Å². The van der Waals surface area contributed by atoms with E-state index in [-0.39, 0.29) is 0 Å². The van der Waals surface area contributed by atoms with Crippen molar-refractivity contribution < 1.29 is 0 Å². The number of likely N-dealkylation sites (tertiary alicyclic amines) is 1. The van der Waals surface area contributed by atoms with E-state index in [2.05, 4.69) is 28.2 Å². The lowest BCUT2D eigenvalue weighted by Crippen LogP contribution is -2.43. The lowest BCUT2D eigenvalue weighted by molar-refractivity contribution is 0.299. The Morgan fingerprint density at radius 1 is 1.06 bits per heavy atom. The van der Waals surface area contributed by atoms with Crippen molar-refractivity contribution in [2.24, 2.45) is 0 Å². The van der Waals surface area contributed by atoms with Crippen LogP contribution >= 0.6 is 11.8 Å². The van der Waals surface area contributed by atoms with Gasteiger partial charge < -0.3 is 5.32 Å². The second-order valence-corrected chi connectivity index (χ2v) is 7.24. The maximum Gasteiger partial charge on any atom is 0.0209 e. The minimum atomic E-state index is 0.793. The zero-order valence-electron chi connectivity index (χ0n) is 11.0. The topological polar surface area (TPSA) is 15.3 Å². The smallest absolute Gasteiger partial charge is 0.0209 e. The number of hydrogen-bond acceptors (Lipinski definition) is 3. The number of nitrogens with zero attached hydrogens (tertiary/aromatic N) is 1. The molecular formula is C14H26N2S. The van der Waals surface area contributed by atoms with Crippen LogP contribution in [0.5, 0.6) is 0 Å². The molecular weight excluding hydrogens is 228 g/mol. The Kier molecular flexibility index (Phi) is 3.98. The van der Waals surface area contributed by atoms with Crippen LogP contribution in [0.25, 0.3) is 0 Å². The summed E-state index contributed by atoms with van der Waals surface area (Å²) >= 11 is 2.07. The number of thioether (sulfide) groups is 1. The summed E-state index contributed by atoms with van der Waals surface area (Å²) in [7, 11) is 0. The van der Waals surface area contributed by atoms with E-state index in [4.69, 9.17) is 0 Å². The van der Waals surface area contributed by atoms with Crippen LogP contribution < -0.4 is 5.32 Å². The van der Waals surface area contributed by atoms with Gasteiger partial charge in [0.15, 0.2) is 0 Å². The maximum atomic E-state index is 3.94. The number of hydrogen-bond donors (Lipinski definition) is 1. The van der Waals surface area contributed by atoms with Gasteiger partial charge in [-0.25, -0.2) is 0 Å². The van der Waals surface area contributed by atoms with Crippen molar-refractivity contribution in [2.45, 2.75) is 68.3 Å². The van der Waals surface area contributed by atoms with E-state index in [9.17, 15) is 0 Å². The number of nitrogens with one attached hydrogen (secondary N) is 1.